The number of nitrogens with one attached hydrogen (secondary N) is 2. The zero-order chi connectivity index (χ0) is 20.9. The van der Waals surface area contributed by atoms with Gasteiger partial charge in [-0.15, -0.1) is 0 Å². The first kappa shape index (κ1) is 21.9. The molecule has 1 aromatic heterocycles. The van der Waals surface area contributed by atoms with Crippen LogP contribution in [0, 0.1) is 5.41 Å². The zero-order valence-corrected chi connectivity index (χ0v) is 17.9. The number of amides is 2. The number of para-hydroxylation sites is 2. The molecule has 0 saturated heterocycles. The minimum atomic E-state index is -0.650. The maximum atomic E-state index is 12.7. The number of imidazole rings is 1. The van der Waals surface area contributed by atoms with E-state index in [-0.39, 0.29) is 11.8 Å². The summed E-state index contributed by atoms with van der Waals surface area (Å²) in [6, 6.07) is 7.19. The molecule has 0 aliphatic carbocycles. The molecule has 2 rings (SSSR count). The zero-order valence-electron chi connectivity index (χ0n) is 17.9. The van der Waals surface area contributed by atoms with Gasteiger partial charge in [0, 0.05) is 18.5 Å². The SMILES string of the molecule is CCN(CC)CCn1c(NC(=O)C(C)NC(=O)C(C)(C)C)nc2ccccc21. The predicted octanol–water partition coefficient (Wildman–Crippen LogP) is 2.87. The predicted molar refractivity (Wildman–Crippen MR) is 113 cm³/mol. The first-order valence-electron chi connectivity index (χ1n) is 9.96. The van der Waals surface area contributed by atoms with Crippen LogP contribution in [-0.2, 0) is 16.1 Å². The van der Waals surface area contributed by atoms with E-state index in [9.17, 15) is 9.59 Å². The molecule has 0 spiro atoms. The van der Waals surface area contributed by atoms with Crippen molar-refractivity contribution in [1.29, 1.82) is 0 Å². The fourth-order valence-electron chi connectivity index (χ4n) is 2.88. The van der Waals surface area contributed by atoms with Crippen LogP contribution in [0.2, 0.25) is 0 Å². The van der Waals surface area contributed by atoms with Crippen molar-refractivity contribution in [2.75, 3.05) is 25.0 Å². The summed E-state index contributed by atoms with van der Waals surface area (Å²) in [6.45, 7) is 14.9. The summed E-state index contributed by atoms with van der Waals surface area (Å²) in [5.74, 6) is 0.0670. The van der Waals surface area contributed by atoms with Gasteiger partial charge in [-0.1, -0.05) is 46.8 Å². The number of carbonyl (C=O) groups excluding carboxylic acids is 2. The minimum absolute atomic E-state index is 0.162. The van der Waals surface area contributed by atoms with Gasteiger partial charge in [0.05, 0.1) is 11.0 Å². The highest BCUT2D eigenvalue weighted by molar-refractivity contribution is 5.97. The van der Waals surface area contributed by atoms with Gasteiger partial charge in [-0.25, -0.2) is 4.98 Å². The highest BCUT2D eigenvalue weighted by Gasteiger charge is 2.26. The van der Waals surface area contributed by atoms with Gasteiger partial charge in [0.2, 0.25) is 17.8 Å². The Morgan fingerprint density at radius 2 is 1.82 bits per heavy atom. The molecule has 2 N–H and O–H groups in total. The maximum absolute atomic E-state index is 12.7. The van der Waals surface area contributed by atoms with Crippen molar-refractivity contribution in [2.24, 2.45) is 5.41 Å². The Bertz CT molecular complexity index is 818. The Hall–Kier alpha value is -2.41. The van der Waals surface area contributed by atoms with Crippen LogP contribution in [0.3, 0.4) is 0 Å². The third-order valence-electron chi connectivity index (χ3n) is 4.85. The van der Waals surface area contributed by atoms with Gasteiger partial charge >= 0.3 is 0 Å². The molecule has 1 heterocycles. The monoisotopic (exact) mass is 387 g/mol. The summed E-state index contributed by atoms with van der Waals surface area (Å²) in [7, 11) is 0. The van der Waals surface area contributed by atoms with E-state index in [1.54, 1.807) is 6.92 Å². The van der Waals surface area contributed by atoms with Crippen LogP contribution in [0.1, 0.15) is 41.5 Å². The van der Waals surface area contributed by atoms with Crippen LogP contribution in [0.5, 0.6) is 0 Å². The summed E-state index contributed by atoms with van der Waals surface area (Å²) >= 11 is 0. The van der Waals surface area contributed by atoms with E-state index in [0.717, 1.165) is 37.2 Å². The van der Waals surface area contributed by atoms with Gasteiger partial charge in [0.25, 0.3) is 0 Å². The largest absolute Gasteiger partial charge is 0.344 e. The molecule has 0 fully saturated rings. The van der Waals surface area contributed by atoms with Crippen LogP contribution in [0.4, 0.5) is 5.95 Å². The molecule has 1 atom stereocenters. The molecule has 0 saturated carbocycles. The van der Waals surface area contributed by atoms with E-state index in [1.807, 2.05) is 49.6 Å². The molecule has 2 amide bonds. The number of fused-ring (bicyclic) bond motifs is 1. The lowest BCUT2D eigenvalue weighted by Crippen LogP contribution is -2.46. The molecule has 154 valence electrons. The average Bonchev–Trinajstić information content (AvgIpc) is 2.99. The third-order valence-corrected chi connectivity index (χ3v) is 4.85. The molecule has 1 aromatic carbocycles. The van der Waals surface area contributed by atoms with Crippen molar-refractivity contribution in [3.05, 3.63) is 24.3 Å². The van der Waals surface area contributed by atoms with Crippen LogP contribution >= 0.6 is 0 Å². The average molecular weight is 388 g/mol. The molecular formula is C21H33N5O2. The molecule has 7 heteroatoms. The molecule has 28 heavy (non-hydrogen) atoms. The lowest BCUT2D eigenvalue weighted by molar-refractivity contribution is -0.131. The molecule has 0 bridgehead atoms. The molecule has 0 aliphatic heterocycles. The fourth-order valence-corrected chi connectivity index (χ4v) is 2.88. The summed E-state index contributed by atoms with van der Waals surface area (Å²) in [4.78, 5) is 31.7. The smallest absolute Gasteiger partial charge is 0.248 e. The van der Waals surface area contributed by atoms with Gasteiger partial charge in [-0.2, -0.15) is 0 Å². The van der Waals surface area contributed by atoms with Crippen molar-refractivity contribution in [2.45, 2.75) is 54.1 Å². The Morgan fingerprint density at radius 1 is 1.18 bits per heavy atom. The number of carbonyl (C=O) groups is 2. The Kier molecular flexibility index (Phi) is 7.18. The van der Waals surface area contributed by atoms with Crippen LogP contribution in [0.15, 0.2) is 24.3 Å². The Morgan fingerprint density at radius 3 is 2.43 bits per heavy atom. The number of anilines is 1. The van der Waals surface area contributed by atoms with E-state index in [2.05, 4.69) is 34.4 Å². The van der Waals surface area contributed by atoms with Crippen molar-refractivity contribution in [1.82, 2.24) is 19.8 Å². The molecule has 0 radical (unpaired) electrons. The van der Waals surface area contributed by atoms with Gasteiger partial charge in [0.15, 0.2) is 0 Å². The second-order valence-corrected chi connectivity index (χ2v) is 8.04. The number of nitrogens with zero attached hydrogens (tertiary/aromatic N) is 3. The molecule has 2 aromatic rings. The second-order valence-electron chi connectivity index (χ2n) is 8.04. The molecule has 7 nitrogen and oxygen atoms in total. The second kappa shape index (κ2) is 9.19. The maximum Gasteiger partial charge on any atom is 0.248 e. The van der Waals surface area contributed by atoms with E-state index >= 15 is 0 Å². The van der Waals surface area contributed by atoms with Gasteiger partial charge < -0.3 is 14.8 Å². The van der Waals surface area contributed by atoms with E-state index in [0.29, 0.717) is 5.95 Å². The van der Waals surface area contributed by atoms with Crippen molar-refractivity contribution in [3.63, 3.8) is 0 Å². The first-order valence-corrected chi connectivity index (χ1v) is 9.96. The van der Waals surface area contributed by atoms with E-state index in [1.165, 1.54) is 0 Å². The van der Waals surface area contributed by atoms with Crippen molar-refractivity contribution in [3.8, 4) is 0 Å². The highest BCUT2D eigenvalue weighted by atomic mass is 16.2. The topological polar surface area (TPSA) is 79.3 Å². The quantitative estimate of drug-likeness (QED) is 0.730. The molecular weight excluding hydrogens is 354 g/mol. The Labute approximate surface area is 167 Å². The Balaban J connectivity index is 2.19. The summed E-state index contributed by atoms with van der Waals surface area (Å²) in [5, 5.41) is 5.66. The number of likely N-dealkylation sites (N-methyl/N-ethyl adjacent to an activating group) is 1. The first-order chi connectivity index (χ1) is 13.2. The normalized spacial score (nSPS) is 13.0. The van der Waals surface area contributed by atoms with Gasteiger partial charge in [0.1, 0.15) is 6.04 Å². The molecule has 1 unspecified atom stereocenters. The lowest BCUT2D eigenvalue weighted by Gasteiger charge is -2.22. The van der Waals surface area contributed by atoms with Crippen molar-refractivity contribution < 1.29 is 9.59 Å². The van der Waals surface area contributed by atoms with Crippen LogP contribution in [-0.4, -0.2) is 51.9 Å². The van der Waals surface area contributed by atoms with Crippen LogP contribution in [0.25, 0.3) is 11.0 Å². The van der Waals surface area contributed by atoms with E-state index < -0.39 is 11.5 Å². The number of rotatable bonds is 8. The summed E-state index contributed by atoms with van der Waals surface area (Å²) in [5.41, 5.74) is 1.27. The van der Waals surface area contributed by atoms with Gasteiger partial charge in [-0.05, 0) is 32.1 Å². The molecule has 0 aliphatic rings. The minimum Gasteiger partial charge on any atom is -0.344 e. The summed E-state index contributed by atoms with van der Waals surface area (Å²) in [6.07, 6.45) is 0. The summed E-state index contributed by atoms with van der Waals surface area (Å²) < 4.78 is 2.03. The highest BCUT2D eigenvalue weighted by Crippen LogP contribution is 2.20. The number of aromatic nitrogens is 2. The van der Waals surface area contributed by atoms with Gasteiger partial charge in [-0.3, -0.25) is 14.9 Å². The third kappa shape index (κ3) is 5.32. The fraction of sp³-hybridized carbons (Fsp3) is 0.571. The van der Waals surface area contributed by atoms with Crippen molar-refractivity contribution >= 4 is 28.8 Å². The standard InChI is InChI=1S/C21H33N5O2/c1-7-25(8-2)13-14-26-17-12-10-9-11-16(17)23-20(26)24-18(27)15(3)22-19(28)21(4,5)6/h9-12,15H,7-8,13-14H2,1-6H3,(H,22,28)(H,23,24,27). The van der Waals surface area contributed by atoms with E-state index in [4.69, 9.17) is 0 Å². The number of hydrogen-bond acceptors (Lipinski definition) is 4. The number of hydrogen-bond donors (Lipinski definition) is 2. The lowest BCUT2D eigenvalue weighted by atomic mass is 9.95. The number of benzene rings is 1. The van der Waals surface area contributed by atoms with Crippen LogP contribution < -0.4 is 10.6 Å².